The SMILES string of the molecule is CCC[C@@H]1CCCN(C(=O)c2c(C)nsc2NC)CC1. The number of carbonyl (C=O) groups is 1. The molecule has 0 aliphatic carbocycles. The summed E-state index contributed by atoms with van der Waals surface area (Å²) in [5.74, 6) is 0.945. The Bertz CT molecular complexity index is 458. The van der Waals surface area contributed by atoms with Gasteiger partial charge in [-0.05, 0) is 43.6 Å². The molecule has 4 nitrogen and oxygen atoms in total. The normalized spacial score (nSPS) is 19.8. The number of anilines is 1. The highest BCUT2D eigenvalue weighted by molar-refractivity contribution is 7.10. The molecular weight excluding hydrogens is 270 g/mol. The van der Waals surface area contributed by atoms with Crippen molar-refractivity contribution >= 4 is 22.4 Å². The van der Waals surface area contributed by atoms with E-state index in [0.29, 0.717) is 0 Å². The second-order valence-electron chi connectivity index (χ2n) is 5.60. The standard InChI is InChI=1S/C15H25N3OS/c1-4-6-12-7-5-9-18(10-8-12)15(19)13-11(2)17-20-14(13)16-3/h12,16H,4-10H2,1-3H3/t12-/m1/s1. The van der Waals surface area contributed by atoms with E-state index in [1.807, 2.05) is 18.9 Å². The first-order chi connectivity index (χ1) is 9.67. The van der Waals surface area contributed by atoms with Crippen LogP contribution in [0.15, 0.2) is 0 Å². The zero-order chi connectivity index (χ0) is 14.5. The number of aromatic nitrogens is 1. The van der Waals surface area contributed by atoms with Crippen molar-refractivity contribution in [2.45, 2.75) is 46.0 Å². The number of hydrogen-bond acceptors (Lipinski definition) is 4. The maximum Gasteiger partial charge on any atom is 0.258 e. The Morgan fingerprint density at radius 1 is 1.45 bits per heavy atom. The molecule has 1 amide bonds. The molecule has 5 heteroatoms. The summed E-state index contributed by atoms with van der Waals surface area (Å²) >= 11 is 1.37. The number of hydrogen-bond donors (Lipinski definition) is 1. The summed E-state index contributed by atoms with van der Waals surface area (Å²) in [4.78, 5) is 14.8. The zero-order valence-corrected chi connectivity index (χ0v) is 13.6. The molecule has 112 valence electrons. The minimum Gasteiger partial charge on any atom is -0.378 e. The highest BCUT2D eigenvalue weighted by Crippen LogP contribution is 2.28. The van der Waals surface area contributed by atoms with Crippen LogP contribution in [0.25, 0.3) is 0 Å². The van der Waals surface area contributed by atoms with Crippen molar-refractivity contribution in [1.82, 2.24) is 9.27 Å². The molecule has 1 atom stereocenters. The molecule has 0 aromatic carbocycles. The molecule has 1 fully saturated rings. The Hall–Kier alpha value is -1.10. The van der Waals surface area contributed by atoms with E-state index < -0.39 is 0 Å². The van der Waals surface area contributed by atoms with Crippen LogP contribution in [0.3, 0.4) is 0 Å². The number of amides is 1. The van der Waals surface area contributed by atoms with Crippen LogP contribution >= 0.6 is 11.5 Å². The van der Waals surface area contributed by atoms with Crippen LogP contribution in [0.5, 0.6) is 0 Å². The van der Waals surface area contributed by atoms with E-state index in [-0.39, 0.29) is 5.91 Å². The minimum absolute atomic E-state index is 0.151. The minimum atomic E-state index is 0.151. The molecule has 1 N–H and O–H groups in total. The molecule has 0 bridgehead atoms. The predicted octanol–water partition coefficient (Wildman–Crippen LogP) is 3.54. The molecule has 2 rings (SSSR count). The van der Waals surface area contributed by atoms with Crippen LogP contribution in [-0.2, 0) is 0 Å². The Morgan fingerprint density at radius 3 is 2.95 bits per heavy atom. The van der Waals surface area contributed by atoms with E-state index in [9.17, 15) is 4.79 Å². The summed E-state index contributed by atoms with van der Waals surface area (Å²) < 4.78 is 4.30. The van der Waals surface area contributed by atoms with Gasteiger partial charge < -0.3 is 10.2 Å². The van der Waals surface area contributed by atoms with Crippen molar-refractivity contribution in [1.29, 1.82) is 0 Å². The van der Waals surface area contributed by atoms with Crippen molar-refractivity contribution in [3.05, 3.63) is 11.3 Å². The van der Waals surface area contributed by atoms with Gasteiger partial charge in [-0.25, -0.2) is 0 Å². The fourth-order valence-electron chi connectivity index (χ4n) is 3.02. The fraction of sp³-hybridized carbons (Fsp3) is 0.733. The maximum atomic E-state index is 12.7. The highest BCUT2D eigenvalue weighted by atomic mass is 32.1. The number of nitrogens with zero attached hydrogens (tertiary/aromatic N) is 2. The Kier molecular flexibility index (Phi) is 5.40. The van der Waals surface area contributed by atoms with Gasteiger partial charge in [0.1, 0.15) is 5.00 Å². The third kappa shape index (κ3) is 3.32. The third-order valence-electron chi connectivity index (χ3n) is 4.14. The Balaban J connectivity index is 2.07. The van der Waals surface area contributed by atoms with Gasteiger partial charge in [-0.3, -0.25) is 4.79 Å². The largest absolute Gasteiger partial charge is 0.378 e. The molecular formula is C15H25N3OS. The lowest BCUT2D eigenvalue weighted by molar-refractivity contribution is 0.0760. The Labute approximate surface area is 125 Å². The lowest BCUT2D eigenvalue weighted by atomic mass is 9.96. The van der Waals surface area contributed by atoms with Crippen molar-refractivity contribution < 1.29 is 4.79 Å². The molecule has 0 saturated carbocycles. The van der Waals surface area contributed by atoms with E-state index >= 15 is 0 Å². The van der Waals surface area contributed by atoms with E-state index in [0.717, 1.165) is 48.1 Å². The summed E-state index contributed by atoms with van der Waals surface area (Å²) in [6, 6.07) is 0. The van der Waals surface area contributed by atoms with Crippen LogP contribution in [0.2, 0.25) is 0 Å². The van der Waals surface area contributed by atoms with Crippen LogP contribution in [0, 0.1) is 12.8 Å². The van der Waals surface area contributed by atoms with Gasteiger partial charge in [-0.2, -0.15) is 4.37 Å². The van der Waals surface area contributed by atoms with Crippen LogP contribution in [-0.4, -0.2) is 35.3 Å². The van der Waals surface area contributed by atoms with E-state index in [4.69, 9.17) is 0 Å². The monoisotopic (exact) mass is 295 g/mol. The molecule has 20 heavy (non-hydrogen) atoms. The summed E-state index contributed by atoms with van der Waals surface area (Å²) in [7, 11) is 1.85. The van der Waals surface area contributed by atoms with Crippen molar-refractivity contribution in [3.63, 3.8) is 0 Å². The van der Waals surface area contributed by atoms with E-state index in [1.165, 1.54) is 30.8 Å². The second kappa shape index (κ2) is 7.07. The topological polar surface area (TPSA) is 45.2 Å². The molecule has 0 spiro atoms. The van der Waals surface area contributed by atoms with Crippen LogP contribution in [0.1, 0.15) is 55.1 Å². The van der Waals surface area contributed by atoms with Gasteiger partial charge in [0.2, 0.25) is 0 Å². The fourth-order valence-corrected chi connectivity index (χ4v) is 3.75. The van der Waals surface area contributed by atoms with Crippen LogP contribution < -0.4 is 5.32 Å². The van der Waals surface area contributed by atoms with Crippen molar-refractivity contribution in [3.8, 4) is 0 Å². The summed E-state index contributed by atoms with van der Waals surface area (Å²) in [5, 5.41) is 3.98. The average molecular weight is 295 g/mol. The van der Waals surface area contributed by atoms with Crippen molar-refractivity contribution in [2.24, 2.45) is 5.92 Å². The van der Waals surface area contributed by atoms with Crippen LogP contribution in [0.4, 0.5) is 5.00 Å². The molecule has 1 aliphatic rings. The summed E-state index contributed by atoms with van der Waals surface area (Å²) in [6.45, 7) is 5.94. The van der Waals surface area contributed by atoms with E-state index in [1.54, 1.807) is 0 Å². The van der Waals surface area contributed by atoms with Gasteiger partial charge in [0.15, 0.2) is 0 Å². The zero-order valence-electron chi connectivity index (χ0n) is 12.7. The smallest absolute Gasteiger partial charge is 0.258 e. The Morgan fingerprint density at radius 2 is 2.25 bits per heavy atom. The summed E-state index contributed by atoms with van der Waals surface area (Å²) in [6.07, 6.45) is 6.07. The molecule has 0 unspecified atom stereocenters. The first-order valence-corrected chi connectivity index (χ1v) is 8.38. The first kappa shape index (κ1) is 15.3. The molecule has 1 aliphatic heterocycles. The van der Waals surface area contributed by atoms with Gasteiger partial charge >= 0.3 is 0 Å². The lowest BCUT2D eigenvalue weighted by Gasteiger charge is -2.21. The average Bonchev–Trinajstić information content (AvgIpc) is 2.67. The highest BCUT2D eigenvalue weighted by Gasteiger charge is 2.25. The predicted molar refractivity (Wildman–Crippen MR) is 84.6 cm³/mol. The van der Waals surface area contributed by atoms with Gasteiger partial charge in [-0.15, -0.1) is 0 Å². The van der Waals surface area contributed by atoms with Crippen molar-refractivity contribution in [2.75, 3.05) is 25.5 Å². The molecule has 1 saturated heterocycles. The summed E-state index contributed by atoms with van der Waals surface area (Å²) in [5.41, 5.74) is 1.62. The van der Waals surface area contributed by atoms with Gasteiger partial charge in [0.05, 0.1) is 11.3 Å². The molecule has 2 heterocycles. The van der Waals surface area contributed by atoms with E-state index in [2.05, 4.69) is 16.6 Å². The van der Waals surface area contributed by atoms with Gasteiger partial charge in [0, 0.05) is 20.1 Å². The molecule has 1 aromatic heterocycles. The maximum absolute atomic E-state index is 12.7. The number of aryl methyl sites for hydroxylation is 1. The molecule has 0 radical (unpaired) electrons. The second-order valence-corrected chi connectivity index (χ2v) is 6.37. The molecule has 1 aromatic rings. The lowest BCUT2D eigenvalue weighted by Crippen LogP contribution is -2.32. The first-order valence-electron chi connectivity index (χ1n) is 7.60. The number of nitrogens with one attached hydrogen (secondary N) is 1. The third-order valence-corrected chi connectivity index (χ3v) is 5.09. The number of likely N-dealkylation sites (tertiary alicyclic amines) is 1. The van der Waals surface area contributed by atoms with Gasteiger partial charge in [-0.1, -0.05) is 19.8 Å². The quantitative estimate of drug-likeness (QED) is 0.924. The number of rotatable bonds is 4. The van der Waals surface area contributed by atoms with Gasteiger partial charge in [0.25, 0.3) is 5.91 Å². The number of carbonyl (C=O) groups excluding carboxylic acids is 1.